The molecule has 1 aromatic rings. The van der Waals surface area contributed by atoms with E-state index in [1.165, 1.54) is 5.57 Å². The van der Waals surface area contributed by atoms with E-state index >= 15 is 0 Å². The number of phenols is 1. The Bertz CT molecular complexity index is 1810. The van der Waals surface area contributed by atoms with Crippen LogP contribution in [0.4, 0.5) is 0 Å². The molecule has 7 rings (SSSR count). The highest BCUT2D eigenvalue weighted by Gasteiger charge is 2.81. The number of allylic oxidation sites excluding steroid dienone is 5. The second-order valence-electron chi connectivity index (χ2n) is 15.9. The van der Waals surface area contributed by atoms with E-state index in [0.717, 1.165) is 12.0 Å². The lowest BCUT2D eigenvalue weighted by Crippen LogP contribution is -2.72. The molecule has 5 atom stereocenters. The number of ketones is 2. The summed E-state index contributed by atoms with van der Waals surface area (Å²) in [4.78, 5) is 44.6. The number of nitrogens with zero attached hydrogens (tertiary/aromatic N) is 1. The second-order valence-corrected chi connectivity index (χ2v) is 15.9. The fourth-order valence-electron chi connectivity index (χ4n) is 8.93. The molecule has 1 N–H and O–H groups in total. The van der Waals surface area contributed by atoms with Crippen molar-refractivity contribution in [3.8, 4) is 17.2 Å². The van der Waals surface area contributed by atoms with E-state index < -0.39 is 28.3 Å². The number of carbonyl (C=O) groups is 3. The van der Waals surface area contributed by atoms with Gasteiger partial charge in [0, 0.05) is 48.1 Å². The van der Waals surface area contributed by atoms with Crippen LogP contribution >= 0.6 is 0 Å². The van der Waals surface area contributed by atoms with Crippen molar-refractivity contribution in [3.05, 3.63) is 69.4 Å². The molecule has 1 aromatic carbocycles. The van der Waals surface area contributed by atoms with Crippen molar-refractivity contribution in [3.63, 3.8) is 0 Å². The predicted molar refractivity (Wildman–Crippen MR) is 195 cm³/mol. The van der Waals surface area contributed by atoms with Crippen molar-refractivity contribution in [2.24, 2.45) is 11.8 Å². The molecular formula is C42H53NO7. The van der Waals surface area contributed by atoms with Gasteiger partial charge in [-0.3, -0.25) is 14.4 Å². The molecule has 1 spiro atoms. The molecule has 2 fully saturated rings. The molecule has 0 radical (unpaired) electrons. The Morgan fingerprint density at radius 2 is 1.66 bits per heavy atom. The minimum atomic E-state index is -1.55. The van der Waals surface area contributed by atoms with E-state index in [0.29, 0.717) is 60.4 Å². The van der Waals surface area contributed by atoms with Crippen LogP contribution in [0.3, 0.4) is 0 Å². The summed E-state index contributed by atoms with van der Waals surface area (Å²) in [6.45, 7) is 20.9. The Morgan fingerprint density at radius 1 is 0.980 bits per heavy atom. The molecule has 8 nitrogen and oxygen atoms in total. The lowest BCUT2D eigenvalue weighted by molar-refractivity contribution is -0.171. The van der Waals surface area contributed by atoms with Gasteiger partial charge in [-0.05, 0) is 107 Å². The predicted octanol–water partition coefficient (Wildman–Crippen LogP) is 8.02. The maximum atomic E-state index is 14.9. The van der Waals surface area contributed by atoms with E-state index in [1.54, 1.807) is 24.0 Å². The summed E-state index contributed by atoms with van der Waals surface area (Å²) in [5, 5.41) is 11.9. The molecule has 6 aliphatic rings. The van der Waals surface area contributed by atoms with Gasteiger partial charge in [-0.15, -0.1) is 0 Å². The van der Waals surface area contributed by atoms with Gasteiger partial charge in [-0.2, -0.15) is 0 Å². The van der Waals surface area contributed by atoms with Crippen molar-refractivity contribution < 1.29 is 33.7 Å². The minimum absolute atomic E-state index is 0.0724. The Balaban J connectivity index is 1.55. The molecule has 1 saturated heterocycles. The van der Waals surface area contributed by atoms with Crippen LogP contribution in [-0.4, -0.2) is 63.0 Å². The number of carbonyl (C=O) groups excluding carboxylic acids is 3. The quantitative estimate of drug-likeness (QED) is 0.197. The fourth-order valence-corrected chi connectivity index (χ4v) is 8.93. The maximum absolute atomic E-state index is 14.9. The van der Waals surface area contributed by atoms with Gasteiger partial charge in [-0.25, -0.2) is 0 Å². The van der Waals surface area contributed by atoms with Gasteiger partial charge in [0.1, 0.15) is 28.4 Å². The first kappa shape index (κ1) is 35.9. The SMILES string of the molecule is CCN(CC)C(=O)/C(C)=C\CC12OC(C)(C)[C@@H]3C[C@@H](C=C4C(=O)c5c(O)c6c(c(CC=C(C)C)c5O[C@]431)O[C@](C)(CCC=C(C)C)C=C6)C2=O. The highest BCUT2D eigenvalue weighted by molar-refractivity contribution is 6.19. The van der Waals surface area contributed by atoms with Crippen LogP contribution in [-0.2, 0) is 20.7 Å². The van der Waals surface area contributed by atoms with Gasteiger partial charge in [0.2, 0.25) is 5.91 Å². The molecule has 50 heavy (non-hydrogen) atoms. The number of hydrogen-bond donors (Lipinski definition) is 1. The van der Waals surface area contributed by atoms with Gasteiger partial charge < -0.3 is 24.2 Å². The number of aromatic hydroxyl groups is 1. The molecule has 1 amide bonds. The topological polar surface area (TPSA) is 102 Å². The van der Waals surface area contributed by atoms with E-state index in [9.17, 15) is 19.5 Å². The summed E-state index contributed by atoms with van der Waals surface area (Å²) in [5.41, 5.74) is -0.127. The van der Waals surface area contributed by atoms with Gasteiger partial charge in [0.15, 0.2) is 22.8 Å². The summed E-state index contributed by atoms with van der Waals surface area (Å²) in [6.07, 6.45) is 14.1. The standard InChI is InChI=1S/C42H53NO7/c1-11-43(12-2)38(47)26(7)17-21-41-37(46)27-22-30-34(45)32-33(44)28-18-20-40(10,19-13-14-24(3)4)48-35(28)29(16-15-25(5)6)36(32)49-42(30,41)31(23-27)39(8,9)50-41/h14-15,17-18,20,22,27,31,44H,11-13,16,19,21,23H2,1-10H3/b26-17-/t27-,31+,40-,41?,42-/m1/s1. The first-order valence-corrected chi connectivity index (χ1v) is 18.2. The lowest BCUT2D eigenvalue weighted by Gasteiger charge is -2.56. The van der Waals surface area contributed by atoms with Gasteiger partial charge >= 0.3 is 0 Å². The molecule has 3 aliphatic carbocycles. The van der Waals surface area contributed by atoms with Crippen LogP contribution in [0.25, 0.3) is 6.08 Å². The Kier molecular flexibility index (Phi) is 8.90. The van der Waals surface area contributed by atoms with E-state index in [1.807, 2.05) is 60.6 Å². The highest BCUT2D eigenvalue weighted by atomic mass is 16.6. The number of benzene rings is 1. The van der Waals surface area contributed by atoms with Crippen molar-refractivity contribution >= 4 is 23.5 Å². The summed E-state index contributed by atoms with van der Waals surface area (Å²) < 4.78 is 21.0. The second kappa shape index (κ2) is 12.4. The molecular weight excluding hydrogens is 630 g/mol. The zero-order valence-corrected chi connectivity index (χ0v) is 31.4. The zero-order chi connectivity index (χ0) is 36.6. The van der Waals surface area contributed by atoms with Crippen LogP contribution in [0, 0.1) is 11.8 Å². The first-order valence-electron chi connectivity index (χ1n) is 18.2. The Labute approximate surface area is 296 Å². The third-order valence-corrected chi connectivity index (χ3v) is 11.5. The average molecular weight is 684 g/mol. The van der Waals surface area contributed by atoms with Crippen molar-refractivity contribution in [2.75, 3.05) is 13.1 Å². The Morgan fingerprint density at radius 3 is 2.30 bits per heavy atom. The van der Waals surface area contributed by atoms with E-state index in [4.69, 9.17) is 14.2 Å². The van der Waals surface area contributed by atoms with Crippen molar-refractivity contribution in [2.45, 2.75) is 124 Å². The monoisotopic (exact) mass is 683 g/mol. The van der Waals surface area contributed by atoms with E-state index in [2.05, 4.69) is 26.0 Å². The van der Waals surface area contributed by atoms with Gasteiger partial charge in [-0.1, -0.05) is 35.5 Å². The fraction of sp³-hybridized carbons (Fsp3) is 0.548. The number of likely N-dealkylation sites (N-methyl/N-ethyl adjacent to an activating group) is 1. The van der Waals surface area contributed by atoms with Crippen LogP contribution < -0.4 is 9.47 Å². The molecule has 1 unspecified atom stereocenters. The van der Waals surface area contributed by atoms with Crippen molar-refractivity contribution in [1.82, 2.24) is 4.90 Å². The molecule has 1 saturated carbocycles. The largest absolute Gasteiger partial charge is 0.506 e. The number of hydrogen-bond acceptors (Lipinski definition) is 7. The smallest absolute Gasteiger partial charge is 0.249 e. The number of rotatable bonds is 10. The molecule has 4 bridgehead atoms. The number of fused-ring (bicyclic) bond motifs is 2. The number of amides is 1. The van der Waals surface area contributed by atoms with Crippen molar-refractivity contribution in [1.29, 1.82) is 0 Å². The van der Waals surface area contributed by atoms with Crippen LogP contribution in [0.2, 0.25) is 0 Å². The molecule has 8 heteroatoms. The summed E-state index contributed by atoms with van der Waals surface area (Å²) >= 11 is 0. The summed E-state index contributed by atoms with van der Waals surface area (Å²) in [7, 11) is 0. The molecule has 268 valence electrons. The van der Waals surface area contributed by atoms with Gasteiger partial charge in [0.25, 0.3) is 0 Å². The zero-order valence-electron chi connectivity index (χ0n) is 31.4. The molecule has 3 heterocycles. The van der Waals surface area contributed by atoms with Gasteiger partial charge in [0.05, 0.1) is 11.2 Å². The third-order valence-electron chi connectivity index (χ3n) is 11.5. The third kappa shape index (κ3) is 5.23. The summed E-state index contributed by atoms with van der Waals surface area (Å²) in [5.74, 6) is -0.954. The normalized spacial score (nSPS) is 29.6. The van der Waals surface area contributed by atoms with Crippen LogP contribution in [0.1, 0.15) is 116 Å². The number of Topliss-reactive ketones (excluding diaryl/α,β-unsaturated/α-hetero) is 2. The average Bonchev–Trinajstić information content (AvgIpc) is 3.20. The summed E-state index contributed by atoms with van der Waals surface area (Å²) in [6, 6.07) is 0. The molecule has 0 aromatic heterocycles. The lowest BCUT2D eigenvalue weighted by atomic mass is 9.51. The first-order chi connectivity index (χ1) is 23.5. The maximum Gasteiger partial charge on any atom is 0.249 e. The minimum Gasteiger partial charge on any atom is -0.506 e. The molecule has 3 aliphatic heterocycles. The van der Waals surface area contributed by atoms with E-state index in [-0.39, 0.29) is 46.9 Å². The van der Waals surface area contributed by atoms with Crippen LogP contribution in [0.5, 0.6) is 17.2 Å². The highest BCUT2D eigenvalue weighted by Crippen LogP contribution is 2.68. The number of ether oxygens (including phenoxy) is 3. The number of phenolic OH excluding ortho intramolecular Hbond substituents is 1. The Hall–Kier alpha value is -3.91. The van der Waals surface area contributed by atoms with Crippen LogP contribution in [0.15, 0.2) is 52.7 Å².